The van der Waals surface area contributed by atoms with Gasteiger partial charge in [0.1, 0.15) is 16.4 Å². The van der Waals surface area contributed by atoms with Crippen molar-refractivity contribution < 1.29 is 17.9 Å². The van der Waals surface area contributed by atoms with Crippen molar-refractivity contribution in [2.75, 3.05) is 45.3 Å². The molecule has 0 unspecified atom stereocenters. The Balaban J connectivity index is 1.44. The largest absolute Gasteiger partial charge is 0.497 e. The minimum atomic E-state index is -3.69. The maximum absolute atomic E-state index is 13.7. The van der Waals surface area contributed by atoms with Gasteiger partial charge in [-0.05, 0) is 48.5 Å². The lowest BCUT2D eigenvalue weighted by atomic mass is 10.3. The van der Waals surface area contributed by atoms with E-state index in [0.717, 1.165) is 10.6 Å². The van der Waals surface area contributed by atoms with Crippen molar-refractivity contribution in [1.29, 1.82) is 0 Å². The summed E-state index contributed by atoms with van der Waals surface area (Å²) < 4.78 is 39.9. The van der Waals surface area contributed by atoms with Gasteiger partial charge < -0.3 is 14.4 Å². The molecule has 9 nitrogen and oxygen atoms in total. The van der Waals surface area contributed by atoms with Crippen LogP contribution < -0.4 is 19.9 Å². The van der Waals surface area contributed by atoms with Gasteiger partial charge in [-0.15, -0.1) is 0 Å². The smallest absolute Gasteiger partial charge is 0.287 e. The zero-order valence-electron chi connectivity index (χ0n) is 21.6. The predicted octanol–water partition coefficient (Wildman–Crippen LogP) is 3.91. The normalized spacial score (nSPS) is 14.3. The van der Waals surface area contributed by atoms with Gasteiger partial charge in [-0.25, -0.2) is 8.42 Å². The van der Waals surface area contributed by atoms with Gasteiger partial charge in [0.25, 0.3) is 5.56 Å². The highest BCUT2D eigenvalue weighted by atomic mass is 32.2. The van der Waals surface area contributed by atoms with E-state index in [4.69, 9.17) is 9.47 Å². The van der Waals surface area contributed by atoms with Crippen molar-refractivity contribution in [2.24, 2.45) is 0 Å². The Hall–Kier alpha value is -3.80. The second-order valence-electron chi connectivity index (χ2n) is 8.76. The number of rotatable bonds is 8. The van der Waals surface area contributed by atoms with Crippen LogP contribution in [0.2, 0.25) is 0 Å². The highest BCUT2D eigenvalue weighted by molar-refractivity contribution is 7.99. The minimum Gasteiger partial charge on any atom is -0.497 e. The first kappa shape index (κ1) is 26.8. The molecule has 1 aromatic heterocycles. The van der Waals surface area contributed by atoms with Crippen LogP contribution in [0.4, 0.5) is 5.69 Å². The van der Waals surface area contributed by atoms with E-state index >= 15 is 0 Å². The Morgan fingerprint density at radius 3 is 2.18 bits per heavy atom. The Bertz CT molecular complexity index is 1600. The fourth-order valence-electron chi connectivity index (χ4n) is 4.35. The summed E-state index contributed by atoms with van der Waals surface area (Å²) in [4.78, 5) is 17.3. The number of aromatic nitrogens is 2. The van der Waals surface area contributed by atoms with E-state index in [-0.39, 0.29) is 23.5 Å². The highest BCUT2D eigenvalue weighted by Gasteiger charge is 2.30. The molecule has 202 valence electrons. The molecule has 1 fully saturated rings. The summed E-state index contributed by atoms with van der Waals surface area (Å²) in [6, 6.07) is 23.2. The molecule has 5 rings (SSSR count). The number of nitrogens with zero attached hydrogens (tertiary/aromatic N) is 4. The maximum atomic E-state index is 13.7. The first-order chi connectivity index (χ1) is 18.9. The van der Waals surface area contributed by atoms with Gasteiger partial charge in [-0.2, -0.15) is 14.1 Å². The Labute approximate surface area is 231 Å². The molecule has 0 amide bonds. The predicted molar refractivity (Wildman–Crippen MR) is 151 cm³/mol. The quantitative estimate of drug-likeness (QED) is 0.318. The molecular formula is C28H28N4O5S2. The topological polar surface area (TPSA) is 94.0 Å². The number of hydrogen-bond donors (Lipinski definition) is 0. The average Bonchev–Trinajstić information content (AvgIpc) is 2.99. The molecule has 0 bridgehead atoms. The molecule has 39 heavy (non-hydrogen) atoms. The van der Waals surface area contributed by atoms with Crippen LogP contribution in [0.3, 0.4) is 0 Å². The molecule has 0 spiro atoms. The first-order valence-electron chi connectivity index (χ1n) is 12.3. The molecule has 2 heterocycles. The molecule has 0 aliphatic carbocycles. The molecule has 0 saturated carbocycles. The van der Waals surface area contributed by atoms with E-state index in [1.165, 1.54) is 33.9 Å². The third kappa shape index (κ3) is 5.65. The number of methoxy groups -OCH3 is 2. The summed E-state index contributed by atoms with van der Waals surface area (Å²) in [5.74, 6) is 1.21. The van der Waals surface area contributed by atoms with Crippen LogP contribution in [0.25, 0.3) is 5.69 Å². The highest BCUT2D eigenvalue weighted by Crippen LogP contribution is 2.34. The SMILES string of the molecule is COc1ccc(Sc2c(N3CCN(S(=O)(=O)c4cccc(OC)c4)CC3)cnn(-c3ccccc3)c2=O)cc1. The molecule has 1 aliphatic rings. The lowest BCUT2D eigenvalue weighted by Gasteiger charge is -2.36. The van der Waals surface area contributed by atoms with Crippen molar-refractivity contribution >= 4 is 27.5 Å². The molecular weight excluding hydrogens is 536 g/mol. The first-order valence-corrected chi connectivity index (χ1v) is 14.5. The lowest BCUT2D eigenvalue weighted by molar-refractivity contribution is 0.382. The molecule has 0 N–H and O–H groups in total. The molecule has 4 aromatic rings. The van der Waals surface area contributed by atoms with Crippen molar-refractivity contribution in [3.05, 3.63) is 95.4 Å². The maximum Gasteiger partial charge on any atom is 0.287 e. The van der Waals surface area contributed by atoms with Gasteiger partial charge >= 0.3 is 0 Å². The van der Waals surface area contributed by atoms with E-state index in [9.17, 15) is 13.2 Å². The number of benzene rings is 3. The van der Waals surface area contributed by atoms with Crippen LogP contribution in [0, 0.1) is 0 Å². The summed E-state index contributed by atoms with van der Waals surface area (Å²) >= 11 is 1.35. The van der Waals surface area contributed by atoms with Gasteiger partial charge in [0.2, 0.25) is 10.0 Å². The second-order valence-corrected chi connectivity index (χ2v) is 11.8. The third-order valence-electron chi connectivity index (χ3n) is 6.45. The fraction of sp³-hybridized carbons (Fsp3) is 0.214. The number of sulfonamides is 1. The number of anilines is 1. The average molecular weight is 565 g/mol. The van der Waals surface area contributed by atoms with Crippen LogP contribution in [-0.4, -0.2) is 62.9 Å². The number of ether oxygens (including phenoxy) is 2. The van der Waals surface area contributed by atoms with Crippen molar-refractivity contribution in [3.63, 3.8) is 0 Å². The molecule has 0 radical (unpaired) electrons. The summed E-state index contributed by atoms with van der Waals surface area (Å²) in [5, 5.41) is 4.47. The van der Waals surface area contributed by atoms with Gasteiger partial charge in [-0.1, -0.05) is 36.0 Å². The Kier molecular flexibility index (Phi) is 7.92. The summed E-state index contributed by atoms with van der Waals surface area (Å²) in [7, 11) is -0.576. The molecule has 1 saturated heterocycles. The van der Waals surface area contributed by atoms with E-state index in [1.54, 1.807) is 31.5 Å². The number of para-hydroxylation sites is 1. The fourth-order valence-corrected chi connectivity index (χ4v) is 6.77. The van der Waals surface area contributed by atoms with Crippen LogP contribution in [0.5, 0.6) is 11.5 Å². The van der Waals surface area contributed by atoms with E-state index < -0.39 is 10.0 Å². The van der Waals surface area contributed by atoms with Crippen molar-refractivity contribution in [3.8, 4) is 17.2 Å². The summed E-state index contributed by atoms with van der Waals surface area (Å²) in [6.07, 6.45) is 1.69. The molecule has 11 heteroatoms. The standard InChI is InChI=1S/C28H28N4O5S2/c1-36-22-11-13-24(14-12-22)38-27-26(20-29-32(28(27)33)21-7-4-3-5-8-21)30-15-17-31(18-16-30)39(34,35)25-10-6-9-23(19-25)37-2/h3-14,19-20H,15-18H2,1-2H3. The summed E-state index contributed by atoms with van der Waals surface area (Å²) in [6.45, 7) is 1.37. The van der Waals surface area contributed by atoms with E-state index in [0.29, 0.717) is 35.1 Å². The van der Waals surface area contributed by atoms with Crippen molar-refractivity contribution in [2.45, 2.75) is 14.7 Å². The van der Waals surface area contributed by atoms with Gasteiger partial charge in [0, 0.05) is 37.1 Å². The number of piperazine rings is 1. The zero-order valence-corrected chi connectivity index (χ0v) is 23.2. The minimum absolute atomic E-state index is 0.193. The Morgan fingerprint density at radius 1 is 0.821 bits per heavy atom. The summed E-state index contributed by atoms with van der Waals surface area (Å²) in [5.41, 5.74) is 1.09. The number of hydrogen-bond acceptors (Lipinski definition) is 8. The van der Waals surface area contributed by atoms with Crippen LogP contribution in [0.15, 0.2) is 105 Å². The van der Waals surface area contributed by atoms with Gasteiger partial charge in [0.15, 0.2) is 0 Å². The molecule has 1 aliphatic heterocycles. The third-order valence-corrected chi connectivity index (χ3v) is 9.44. The monoisotopic (exact) mass is 564 g/mol. The van der Waals surface area contributed by atoms with E-state index in [2.05, 4.69) is 5.10 Å². The molecule has 3 aromatic carbocycles. The van der Waals surface area contributed by atoms with E-state index in [1.807, 2.05) is 59.5 Å². The zero-order chi connectivity index (χ0) is 27.4. The van der Waals surface area contributed by atoms with Crippen LogP contribution in [-0.2, 0) is 10.0 Å². The molecule has 0 atom stereocenters. The van der Waals surface area contributed by atoms with Gasteiger partial charge in [-0.3, -0.25) is 4.79 Å². The van der Waals surface area contributed by atoms with Crippen LogP contribution >= 0.6 is 11.8 Å². The van der Waals surface area contributed by atoms with Crippen molar-refractivity contribution in [1.82, 2.24) is 14.1 Å². The Morgan fingerprint density at radius 2 is 1.51 bits per heavy atom. The van der Waals surface area contributed by atoms with Crippen LogP contribution in [0.1, 0.15) is 0 Å². The second kappa shape index (κ2) is 11.5. The lowest BCUT2D eigenvalue weighted by Crippen LogP contribution is -2.49. The van der Waals surface area contributed by atoms with Gasteiger partial charge in [0.05, 0.1) is 36.7 Å².